The van der Waals surface area contributed by atoms with Gasteiger partial charge in [-0.1, -0.05) is 37.3 Å². The molecule has 1 saturated heterocycles. The number of piperidine rings is 1. The van der Waals surface area contributed by atoms with E-state index in [4.69, 9.17) is 0 Å². The van der Waals surface area contributed by atoms with Gasteiger partial charge in [0.05, 0.1) is 6.33 Å². The fraction of sp³-hybridized carbons (Fsp3) is 0.471. The average Bonchev–Trinajstić information content (AvgIpc) is 2.97. The molecule has 0 radical (unpaired) electrons. The molecule has 1 aliphatic rings. The van der Waals surface area contributed by atoms with E-state index in [0.717, 1.165) is 26.1 Å². The molecule has 0 bridgehead atoms. The summed E-state index contributed by atoms with van der Waals surface area (Å²) in [5, 5.41) is 3.55. The van der Waals surface area contributed by atoms with Gasteiger partial charge in [0, 0.05) is 36.8 Å². The molecule has 0 spiro atoms. The normalized spacial score (nSPS) is 22.9. The predicted octanol–water partition coefficient (Wildman–Crippen LogP) is 3.15. The van der Waals surface area contributed by atoms with Gasteiger partial charge in [-0.25, -0.2) is 4.98 Å². The lowest BCUT2D eigenvalue weighted by Crippen LogP contribution is -2.34. The minimum Gasteiger partial charge on any atom is -0.334 e. The highest BCUT2D eigenvalue weighted by Crippen LogP contribution is 2.37. The maximum Gasteiger partial charge on any atom is 0.0948 e. The number of benzene rings is 1. The van der Waals surface area contributed by atoms with Crippen LogP contribution in [0.25, 0.3) is 0 Å². The third kappa shape index (κ3) is 2.63. The van der Waals surface area contributed by atoms with E-state index in [0.29, 0.717) is 11.8 Å². The van der Waals surface area contributed by atoms with Crippen LogP contribution in [0.5, 0.6) is 0 Å². The van der Waals surface area contributed by atoms with E-state index in [2.05, 4.69) is 58.3 Å². The molecule has 0 amide bonds. The lowest BCUT2D eigenvalue weighted by molar-refractivity contribution is 0.387. The van der Waals surface area contributed by atoms with Crippen LogP contribution in [-0.4, -0.2) is 22.6 Å². The summed E-state index contributed by atoms with van der Waals surface area (Å²) in [6.45, 7) is 5.46. The Morgan fingerprint density at radius 1 is 1.25 bits per heavy atom. The summed E-state index contributed by atoms with van der Waals surface area (Å²) in [4.78, 5) is 4.39. The second-order valence-corrected chi connectivity index (χ2v) is 5.63. The highest BCUT2D eigenvalue weighted by Gasteiger charge is 2.29. The highest BCUT2D eigenvalue weighted by molar-refractivity contribution is 5.26. The first-order valence-corrected chi connectivity index (χ1v) is 7.66. The van der Waals surface area contributed by atoms with Gasteiger partial charge in [-0.3, -0.25) is 0 Å². The van der Waals surface area contributed by atoms with Gasteiger partial charge in [-0.2, -0.15) is 0 Å². The molecule has 3 nitrogen and oxygen atoms in total. The second kappa shape index (κ2) is 6.23. The van der Waals surface area contributed by atoms with Crippen LogP contribution in [0, 0.1) is 0 Å². The molecule has 1 N–H and O–H groups in total. The van der Waals surface area contributed by atoms with Crippen molar-refractivity contribution in [2.45, 2.75) is 38.1 Å². The Morgan fingerprint density at radius 3 is 2.90 bits per heavy atom. The van der Waals surface area contributed by atoms with Crippen LogP contribution in [0.1, 0.15) is 42.9 Å². The van der Waals surface area contributed by atoms with Gasteiger partial charge in [0.2, 0.25) is 0 Å². The summed E-state index contributed by atoms with van der Waals surface area (Å²) in [6, 6.07) is 10.9. The lowest BCUT2D eigenvalue weighted by Gasteiger charge is -2.33. The Kier molecular flexibility index (Phi) is 4.16. The van der Waals surface area contributed by atoms with Crippen molar-refractivity contribution in [3.63, 3.8) is 0 Å². The quantitative estimate of drug-likeness (QED) is 0.924. The first kappa shape index (κ1) is 13.4. The molecular formula is C17H23N3. The molecular weight excluding hydrogens is 246 g/mol. The first-order chi connectivity index (χ1) is 9.90. The zero-order valence-corrected chi connectivity index (χ0v) is 12.1. The number of hydrogen-bond acceptors (Lipinski definition) is 2. The molecule has 3 rings (SSSR count). The van der Waals surface area contributed by atoms with Crippen molar-refractivity contribution in [1.82, 2.24) is 14.9 Å². The summed E-state index contributed by atoms with van der Waals surface area (Å²) in [6.07, 6.45) is 6.41. The first-order valence-electron chi connectivity index (χ1n) is 7.66. The van der Waals surface area contributed by atoms with Crippen molar-refractivity contribution in [3.05, 3.63) is 54.1 Å². The molecule has 1 fully saturated rings. The van der Waals surface area contributed by atoms with Crippen LogP contribution in [0.2, 0.25) is 0 Å². The zero-order chi connectivity index (χ0) is 13.8. The molecule has 1 aliphatic heterocycles. The van der Waals surface area contributed by atoms with E-state index in [-0.39, 0.29) is 0 Å². The van der Waals surface area contributed by atoms with Crippen LogP contribution in [0.3, 0.4) is 0 Å². The molecule has 20 heavy (non-hydrogen) atoms. The van der Waals surface area contributed by atoms with Crippen LogP contribution in [0.4, 0.5) is 0 Å². The molecule has 2 unspecified atom stereocenters. The van der Waals surface area contributed by atoms with Gasteiger partial charge < -0.3 is 9.88 Å². The summed E-state index contributed by atoms with van der Waals surface area (Å²) in [5.74, 6) is 1.13. The van der Waals surface area contributed by atoms with E-state index in [9.17, 15) is 0 Å². The Bertz CT molecular complexity index is 532. The minimum atomic E-state index is 0.553. The maximum atomic E-state index is 4.39. The third-order valence-corrected chi connectivity index (χ3v) is 4.30. The summed E-state index contributed by atoms with van der Waals surface area (Å²) >= 11 is 0. The zero-order valence-electron chi connectivity index (χ0n) is 12.1. The number of nitrogens with one attached hydrogen (secondary N) is 1. The van der Waals surface area contributed by atoms with Crippen LogP contribution >= 0.6 is 0 Å². The SMILES string of the molecule is CCCn1cncc1C1CCNCC1c1ccccc1. The molecule has 2 heterocycles. The van der Waals surface area contributed by atoms with Gasteiger partial charge in [0.15, 0.2) is 0 Å². The monoisotopic (exact) mass is 269 g/mol. The third-order valence-electron chi connectivity index (χ3n) is 4.30. The second-order valence-electron chi connectivity index (χ2n) is 5.63. The van der Waals surface area contributed by atoms with Crippen molar-refractivity contribution in [3.8, 4) is 0 Å². The number of rotatable bonds is 4. The van der Waals surface area contributed by atoms with Crippen molar-refractivity contribution in [1.29, 1.82) is 0 Å². The molecule has 2 aromatic rings. The summed E-state index contributed by atoms with van der Waals surface area (Å²) < 4.78 is 2.34. The Morgan fingerprint density at radius 2 is 2.10 bits per heavy atom. The standard InChI is InChI=1S/C17H23N3/c1-2-10-20-13-19-12-17(20)15-8-9-18-11-16(15)14-6-4-3-5-7-14/h3-7,12-13,15-16,18H,2,8-11H2,1H3. The molecule has 0 aliphatic carbocycles. The van der Waals surface area contributed by atoms with Gasteiger partial charge in [0.1, 0.15) is 0 Å². The highest BCUT2D eigenvalue weighted by atomic mass is 15.0. The van der Waals surface area contributed by atoms with E-state index in [1.165, 1.54) is 17.7 Å². The molecule has 0 saturated carbocycles. The van der Waals surface area contributed by atoms with Crippen LogP contribution in [-0.2, 0) is 6.54 Å². The smallest absolute Gasteiger partial charge is 0.0948 e. The molecule has 1 aromatic heterocycles. The van der Waals surface area contributed by atoms with Gasteiger partial charge in [0.25, 0.3) is 0 Å². The van der Waals surface area contributed by atoms with Crippen molar-refractivity contribution in [2.24, 2.45) is 0 Å². The van der Waals surface area contributed by atoms with Crippen LogP contribution in [0.15, 0.2) is 42.9 Å². The van der Waals surface area contributed by atoms with E-state index >= 15 is 0 Å². The van der Waals surface area contributed by atoms with Crippen molar-refractivity contribution < 1.29 is 0 Å². The molecule has 3 heteroatoms. The summed E-state index contributed by atoms with van der Waals surface area (Å²) in [5.41, 5.74) is 2.84. The average molecular weight is 269 g/mol. The number of imidazole rings is 1. The van der Waals surface area contributed by atoms with Crippen LogP contribution < -0.4 is 5.32 Å². The van der Waals surface area contributed by atoms with Gasteiger partial charge in [-0.15, -0.1) is 0 Å². The van der Waals surface area contributed by atoms with Gasteiger partial charge >= 0.3 is 0 Å². The van der Waals surface area contributed by atoms with Gasteiger partial charge in [-0.05, 0) is 24.9 Å². The van der Waals surface area contributed by atoms with E-state index in [1.807, 2.05) is 6.33 Å². The number of hydrogen-bond donors (Lipinski definition) is 1. The molecule has 2 atom stereocenters. The van der Waals surface area contributed by atoms with Crippen molar-refractivity contribution in [2.75, 3.05) is 13.1 Å². The van der Waals surface area contributed by atoms with E-state index < -0.39 is 0 Å². The largest absolute Gasteiger partial charge is 0.334 e. The van der Waals surface area contributed by atoms with E-state index in [1.54, 1.807) is 0 Å². The number of nitrogens with zero attached hydrogens (tertiary/aromatic N) is 2. The lowest BCUT2D eigenvalue weighted by atomic mass is 9.79. The van der Waals surface area contributed by atoms with Crippen molar-refractivity contribution >= 4 is 0 Å². The molecule has 1 aromatic carbocycles. The fourth-order valence-electron chi connectivity index (χ4n) is 3.33. The Hall–Kier alpha value is -1.61. The molecule has 106 valence electrons. The maximum absolute atomic E-state index is 4.39. The fourth-order valence-corrected chi connectivity index (χ4v) is 3.33. The Labute approximate surface area is 121 Å². The summed E-state index contributed by atoms with van der Waals surface area (Å²) in [7, 11) is 0. The minimum absolute atomic E-state index is 0.553. The predicted molar refractivity (Wildman–Crippen MR) is 81.9 cm³/mol. The topological polar surface area (TPSA) is 29.9 Å². The Balaban J connectivity index is 1.91. The number of aromatic nitrogens is 2. The number of aryl methyl sites for hydroxylation is 1.